The van der Waals surface area contributed by atoms with Crippen molar-refractivity contribution in [3.05, 3.63) is 53.4 Å². The van der Waals surface area contributed by atoms with Crippen molar-refractivity contribution < 1.29 is 0 Å². The zero-order chi connectivity index (χ0) is 14.3. The first-order chi connectivity index (χ1) is 8.82. The van der Waals surface area contributed by atoms with Crippen LogP contribution in [0.15, 0.2) is 18.2 Å². The minimum Gasteiger partial charge on any atom is -0.0843 e. The second-order valence-corrected chi connectivity index (χ2v) is 6.38. The molecule has 0 bridgehead atoms. The van der Waals surface area contributed by atoms with E-state index in [1.165, 1.54) is 12.1 Å². The van der Waals surface area contributed by atoms with E-state index in [1.54, 1.807) is 6.07 Å². The van der Waals surface area contributed by atoms with Crippen LogP contribution in [0.25, 0.3) is 11.1 Å². The Bertz CT molecular complexity index is 638. The molecule has 0 aliphatic carbocycles. The smallest absolute Gasteiger partial charge is 0.0687 e. The Labute approximate surface area is 145 Å². The highest BCUT2D eigenvalue weighted by Gasteiger charge is 2.19. The van der Waals surface area contributed by atoms with Crippen molar-refractivity contribution >= 4 is 81.2 Å². The lowest BCUT2D eigenvalue weighted by Gasteiger charge is -2.13. The van der Waals surface area contributed by atoms with Crippen LogP contribution in [-0.4, -0.2) is 0 Å². The van der Waals surface area contributed by atoms with Crippen LogP contribution in [-0.2, 0) is 0 Å². The van der Waals surface area contributed by atoms with Crippen molar-refractivity contribution in [1.29, 1.82) is 0 Å². The molecule has 0 nitrogen and oxygen atoms in total. The average molecular weight is 407 g/mol. The van der Waals surface area contributed by atoms with Gasteiger partial charge in [0.1, 0.15) is 0 Å². The van der Waals surface area contributed by atoms with Crippen LogP contribution >= 0.6 is 81.2 Å². The summed E-state index contributed by atoms with van der Waals surface area (Å²) >= 11 is 42.4. The molecule has 2 aromatic rings. The lowest BCUT2D eigenvalue weighted by Crippen LogP contribution is -1.87. The third-order valence-electron chi connectivity index (χ3n) is 2.37. The Hall–Kier alpha value is 0.470. The molecule has 0 aromatic heterocycles. The summed E-state index contributed by atoms with van der Waals surface area (Å²) in [7, 11) is 0. The molecule has 0 saturated heterocycles. The molecule has 2 aromatic carbocycles. The summed E-state index contributed by atoms with van der Waals surface area (Å²) in [5, 5.41) is 1.94. The van der Waals surface area contributed by atoms with Gasteiger partial charge in [0, 0.05) is 16.1 Å². The second-order valence-electron chi connectivity index (χ2n) is 3.59. The van der Waals surface area contributed by atoms with Crippen molar-refractivity contribution in [2.75, 3.05) is 0 Å². The van der Waals surface area contributed by atoms with Gasteiger partial charge < -0.3 is 0 Å². The van der Waals surface area contributed by atoms with Gasteiger partial charge >= 0.3 is 0 Å². The third-order valence-corrected chi connectivity index (χ3v) is 4.97. The molecule has 0 unspecified atom stereocenters. The average Bonchev–Trinajstić information content (AvgIpc) is 2.33. The largest absolute Gasteiger partial charge is 0.0843 e. The summed E-state index contributed by atoms with van der Waals surface area (Å²) in [4.78, 5) is 0. The van der Waals surface area contributed by atoms with Gasteiger partial charge in [-0.25, -0.2) is 0 Å². The molecule has 7 heteroatoms. The molecule has 0 N–H and O–H groups in total. The Balaban J connectivity index is 2.87. The lowest BCUT2D eigenvalue weighted by atomic mass is 11.0. The van der Waals surface area contributed by atoms with Gasteiger partial charge in [-0.1, -0.05) is 81.2 Å². The fourth-order valence-corrected chi connectivity index (χ4v) is 3.26. The van der Waals surface area contributed by atoms with E-state index in [0.29, 0.717) is 16.1 Å². The lowest BCUT2D eigenvalue weighted by molar-refractivity contribution is 1.61. The standard InChI is InChI=1S/C12H3Cl7/c13-4-1-5(10(17)6(14)2-4)9-11(18)7(15)3-8(16)12(9)19/h1-3H/i1+1,2+1,3+1,4+1,5+1,6+1,7+1,8+1,9+1,10+1,11+1,12+1. The minimum absolute atomic E-state index is 0.233. The zero-order valence-electron chi connectivity index (χ0n) is 8.88. The first-order valence-electron chi connectivity index (χ1n) is 4.80. The van der Waals surface area contributed by atoms with Crippen LogP contribution < -0.4 is 0 Å². The van der Waals surface area contributed by atoms with E-state index >= 15 is 0 Å². The molecule has 0 fully saturated rings. The van der Waals surface area contributed by atoms with Gasteiger partial charge in [0.25, 0.3) is 0 Å². The topological polar surface area (TPSA) is 0 Å². The van der Waals surface area contributed by atoms with Gasteiger partial charge in [0.15, 0.2) is 0 Å². The van der Waals surface area contributed by atoms with Crippen LogP contribution in [0.5, 0.6) is 0 Å². The van der Waals surface area contributed by atoms with Gasteiger partial charge in [0.2, 0.25) is 0 Å². The second kappa shape index (κ2) is 6.07. The van der Waals surface area contributed by atoms with Gasteiger partial charge in [-0.2, -0.15) is 0 Å². The van der Waals surface area contributed by atoms with Crippen LogP contribution in [0.3, 0.4) is 0 Å². The SMILES string of the molecule is Cl[13c]1[13cH][13c](Cl)[13c](Cl)[13c](-[13c]2[13c](Cl)[13c](Cl)[13cH][13c](Cl)[13c]2Cl)[13cH]1. The molecule has 100 valence electrons. The van der Waals surface area contributed by atoms with E-state index in [9.17, 15) is 0 Å². The van der Waals surface area contributed by atoms with Crippen LogP contribution in [0.1, 0.15) is 0 Å². The van der Waals surface area contributed by atoms with E-state index in [1.807, 2.05) is 0 Å². The minimum atomic E-state index is 0.233. The number of hydrogen-bond donors (Lipinski definition) is 0. The predicted molar refractivity (Wildman–Crippen MR) is 86.9 cm³/mol. The summed E-state index contributed by atoms with van der Waals surface area (Å²) in [5.41, 5.74) is 0.869. The Morgan fingerprint density at radius 2 is 1.00 bits per heavy atom. The number of rotatable bonds is 1. The van der Waals surface area contributed by atoms with Crippen LogP contribution in [0, 0.1) is 0 Å². The van der Waals surface area contributed by atoms with Gasteiger partial charge in [-0.3, -0.25) is 0 Å². The molecular formula is C12H3Cl7. The highest BCUT2D eigenvalue weighted by atomic mass is 35.5. The number of benzene rings is 2. The summed E-state index contributed by atoms with van der Waals surface area (Å²) in [6.07, 6.45) is 0. The van der Waals surface area contributed by atoms with E-state index in [0.717, 1.165) is 0 Å². The molecule has 2 rings (SSSR count). The van der Waals surface area contributed by atoms with Gasteiger partial charge in [-0.05, 0) is 18.2 Å². The third kappa shape index (κ3) is 3.06. The highest BCUT2D eigenvalue weighted by molar-refractivity contribution is 6.51. The molecule has 0 spiro atoms. The molecule has 0 radical (unpaired) electrons. The monoisotopic (exact) mass is 404 g/mol. The maximum Gasteiger partial charge on any atom is 0.0687 e. The summed E-state index contributed by atoms with van der Waals surface area (Å²) in [6, 6.07) is 4.57. The van der Waals surface area contributed by atoms with Gasteiger partial charge in [-0.15, -0.1) is 0 Å². The fraction of sp³-hybridized carbons (Fsp3) is 0. The molecule has 0 aliphatic rings. The number of halogens is 7. The van der Waals surface area contributed by atoms with Crippen molar-refractivity contribution in [3.63, 3.8) is 0 Å². The maximum absolute atomic E-state index is 6.16. The summed E-state index contributed by atoms with van der Waals surface area (Å²) in [5.74, 6) is 0. The van der Waals surface area contributed by atoms with Gasteiger partial charge in [0.05, 0.1) is 30.1 Å². The summed E-state index contributed by atoms with van der Waals surface area (Å²) < 4.78 is 0. The van der Waals surface area contributed by atoms with Crippen LogP contribution in [0.4, 0.5) is 0 Å². The summed E-state index contributed by atoms with van der Waals surface area (Å²) in [6.45, 7) is 0. The van der Waals surface area contributed by atoms with Crippen LogP contribution in [0.2, 0.25) is 35.2 Å². The molecule has 19 heavy (non-hydrogen) atoms. The van der Waals surface area contributed by atoms with Crippen molar-refractivity contribution in [1.82, 2.24) is 0 Å². The molecule has 0 aliphatic heterocycles. The maximum atomic E-state index is 6.16. The molecule has 0 saturated carbocycles. The van der Waals surface area contributed by atoms with E-state index in [2.05, 4.69) is 0 Å². The van der Waals surface area contributed by atoms with E-state index < -0.39 is 0 Å². The predicted octanol–water partition coefficient (Wildman–Crippen LogP) is 7.93. The Kier molecular flexibility index (Phi) is 5.07. The molecular weight excluding hydrogens is 404 g/mol. The molecule has 0 amide bonds. The van der Waals surface area contributed by atoms with E-state index in [4.69, 9.17) is 81.2 Å². The first-order valence-corrected chi connectivity index (χ1v) is 7.45. The Morgan fingerprint density at radius 3 is 1.53 bits per heavy atom. The molecule has 0 atom stereocenters. The fourth-order valence-electron chi connectivity index (χ4n) is 1.55. The van der Waals surface area contributed by atoms with Crippen molar-refractivity contribution in [3.8, 4) is 11.1 Å². The number of hydrogen-bond acceptors (Lipinski definition) is 0. The normalized spacial score (nSPS) is 10.9. The highest BCUT2D eigenvalue weighted by Crippen LogP contribution is 2.47. The quantitative estimate of drug-likeness (QED) is 0.421. The molecule has 0 heterocycles. The zero-order valence-corrected chi connectivity index (χ0v) is 14.2. The first kappa shape index (κ1) is 15.9. The van der Waals surface area contributed by atoms with Crippen molar-refractivity contribution in [2.45, 2.75) is 0 Å². The van der Waals surface area contributed by atoms with Crippen molar-refractivity contribution in [2.24, 2.45) is 0 Å². The van der Waals surface area contributed by atoms with E-state index in [-0.39, 0.29) is 30.1 Å². The Morgan fingerprint density at radius 1 is 0.526 bits per heavy atom.